The van der Waals surface area contributed by atoms with Gasteiger partial charge >= 0.3 is 0 Å². The van der Waals surface area contributed by atoms with E-state index in [0.29, 0.717) is 0 Å². The summed E-state index contributed by atoms with van der Waals surface area (Å²) >= 11 is 0. The number of pyridine rings is 1. The molecule has 1 aromatic carbocycles. The largest absolute Gasteiger partial charge is 0.367 e. The molecule has 0 atom stereocenters. The Labute approximate surface area is 96.6 Å². The van der Waals surface area contributed by atoms with Gasteiger partial charge in [0, 0.05) is 31.2 Å². The lowest BCUT2D eigenvalue weighted by atomic mass is 10.2. The van der Waals surface area contributed by atoms with E-state index in [4.69, 9.17) is 0 Å². The van der Waals surface area contributed by atoms with Crippen LogP contribution in [0.15, 0.2) is 54.9 Å². The molecular formula is C14H16N2. The van der Waals surface area contributed by atoms with Crippen molar-refractivity contribution in [3.63, 3.8) is 0 Å². The van der Waals surface area contributed by atoms with Crippen molar-refractivity contribution in [3.05, 3.63) is 60.4 Å². The first kappa shape index (κ1) is 10.7. The lowest BCUT2D eigenvalue weighted by Gasteiger charge is -2.23. The summed E-state index contributed by atoms with van der Waals surface area (Å²) in [5, 5.41) is 0. The van der Waals surface area contributed by atoms with Gasteiger partial charge in [-0.1, -0.05) is 18.2 Å². The summed E-state index contributed by atoms with van der Waals surface area (Å²) in [5.74, 6) is 0. The Balaban J connectivity index is 2.13. The van der Waals surface area contributed by atoms with Crippen LogP contribution in [0.3, 0.4) is 0 Å². The predicted octanol–water partition coefficient (Wildman–Crippen LogP) is 3.11. The molecule has 1 aromatic heterocycles. The number of rotatable bonds is 4. The molecule has 16 heavy (non-hydrogen) atoms. The fraction of sp³-hybridized carbons (Fsp3) is 0.214. The van der Waals surface area contributed by atoms with Crippen LogP contribution < -0.4 is 4.90 Å². The molecule has 0 aliphatic carbocycles. The summed E-state index contributed by atoms with van der Waals surface area (Å²) in [4.78, 5) is 6.38. The molecule has 2 nitrogen and oxygen atoms in total. The van der Waals surface area contributed by atoms with E-state index in [2.05, 4.69) is 53.2 Å². The van der Waals surface area contributed by atoms with Crippen LogP contribution >= 0.6 is 0 Å². The normalized spacial score (nSPS) is 10.1. The Morgan fingerprint density at radius 3 is 2.31 bits per heavy atom. The third kappa shape index (κ3) is 2.60. The second-order valence-corrected chi connectivity index (χ2v) is 3.71. The molecule has 0 bridgehead atoms. The fourth-order valence-corrected chi connectivity index (χ4v) is 1.73. The van der Waals surface area contributed by atoms with Crippen LogP contribution in [0.2, 0.25) is 0 Å². The van der Waals surface area contributed by atoms with Gasteiger partial charge in [0.15, 0.2) is 0 Å². The molecule has 0 N–H and O–H groups in total. The van der Waals surface area contributed by atoms with Gasteiger partial charge in [-0.2, -0.15) is 0 Å². The molecule has 2 aromatic rings. The number of anilines is 1. The molecule has 0 aliphatic rings. The van der Waals surface area contributed by atoms with Crippen molar-refractivity contribution in [2.24, 2.45) is 0 Å². The van der Waals surface area contributed by atoms with Gasteiger partial charge in [-0.15, -0.1) is 0 Å². The van der Waals surface area contributed by atoms with Gasteiger partial charge in [0.1, 0.15) is 0 Å². The van der Waals surface area contributed by atoms with Gasteiger partial charge in [0.2, 0.25) is 0 Å². The van der Waals surface area contributed by atoms with E-state index < -0.39 is 0 Å². The summed E-state index contributed by atoms with van der Waals surface area (Å²) < 4.78 is 0. The van der Waals surface area contributed by atoms with Crippen LogP contribution in [0.5, 0.6) is 0 Å². The molecule has 0 radical (unpaired) electrons. The molecule has 0 unspecified atom stereocenters. The van der Waals surface area contributed by atoms with Gasteiger partial charge in [0.25, 0.3) is 0 Å². The zero-order valence-corrected chi connectivity index (χ0v) is 9.50. The lowest BCUT2D eigenvalue weighted by Crippen LogP contribution is -2.21. The Bertz CT molecular complexity index is 411. The highest BCUT2D eigenvalue weighted by Gasteiger charge is 2.03. The minimum atomic E-state index is 0.934. The summed E-state index contributed by atoms with van der Waals surface area (Å²) in [7, 11) is 0. The Hall–Kier alpha value is -1.83. The Morgan fingerprint density at radius 1 is 1.00 bits per heavy atom. The first-order valence-electron chi connectivity index (χ1n) is 5.59. The van der Waals surface area contributed by atoms with Crippen molar-refractivity contribution in [2.45, 2.75) is 13.5 Å². The number of hydrogen-bond acceptors (Lipinski definition) is 2. The fourth-order valence-electron chi connectivity index (χ4n) is 1.73. The molecular weight excluding hydrogens is 196 g/mol. The van der Waals surface area contributed by atoms with Crippen LogP contribution in [0.25, 0.3) is 0 Å². The van der Waals surface area contributed by atoms with Gasteiger partial charge < -0.3 is 4.90 Å². The monoisotopic (exact) mass is 212 g/mol. The van der Waals surface area contributed by atoms with Gasteiger partial charge in [-0.25, -0.2) is 0 Å². The van der Waals surface area contributed by atoms with Crippen molar-refractivity contribution >= 4 is 5.69 Å². The maximum absolute atomic E-state index is 4.03. The number of aromatic nitrogens is 1. The number of nitrogens with zero attached hydrogens (tertiary/aromatic N) is 2. The molecule has 0 spiro atoms. The SMILES string of the molecule is CCN(Cc1ccncc1)c1ccccc1. The second kappa shape index (κ2) is 5.31. The number of para-hydroxylation sites is 1. The third-order valence-corrected chi connectivity index (χ3v) is 2.63. The maximum atomic E-state index is 4.03. The first-order chi connectivity index (χ1) is 7.90. The highest BCUT2D eigenvalue weighted by Crippen LogP contribution is 2.15. The second-order valence-electron chi connectivity index (χ2n) is 3.71. The average Bonchev–Trinajstić information content (AvgIpc) is 2.38. The molecule has 0 aliphatic heterocycles. The predicted molar refractivity (Wildman–Crippen MR) is 67.4 cm³/mol. The summed E-state index contributed by atoms with van der Waals surface area (Å²) in [6, 6.07) is 14.6. The Kier molecular flexibility index (Phi) is 3.54. The van der Waals surface area contributed by atoms with E-state index in [9.17, 15) is 0 Å². The quantitative estimate of drug-likeness (QED) is 0.774. The summed E-state index contributed by atoms with van der Waals surface area (Å²) in [5.41, 5.74) is 2.56. The zero-order valence-electron chi connectivity index (χ0n) is 9.50. The molecule has 0 amide bonds. The van der Waals surface area contributed by atoms with E-state index in [1.165, 1.54) is 11.3 Å². The summed E-state index contributed by atoms with van der Waals surface area (Å²) in [6.07, 6.45) is 3.68. The average molecular weight is 212 g/mol. The van der Waals surface area contributed by atoms with Gasteiger partial charge in [-0.05, 0) is 36.8 Å². The van der Waals surface area contributed by atoms with Crippen molar-refractivity contribution in [1.29, 1.82) is 0 Å². The molecule has 2 heteroatoms. The van der Waals surface area contributed by atoms with Crippen LogP contribution in [0.4, 0.5) is 5.69 Å². The highest BCUT2D eigenvalue weighted by molar-refractivity contribution is 5.46. The molecule has 2 rings (SSSR count). The third-order valence-electron chi connectivity index (χ3n) is 2.63. The minimum absolute atomic E-state index is 0.934. The molecule has 1 heterocycles. The number of hydrogen-bond donors (Lipinski definition) is 0. The first-order valence-corrected chi connectivity index (χ1v) is 5.59. The van der Waals surface area contributed by atoms with E-state index >= 15 is 0 Å². The van der Waals surface area contributed by atoms with Crippen LogP contribution in [0, 0.1) is 0 Å². The standard InChI is InChI=1S/C14H16N2/c1-2-16(14-6-4-3-5-7-14)12-13-8-10-15-11-9-13/h3-11H,2,12H2,1H3. The van der Waals surface area contributed by atoms with E-state index in [1.807, 2.05) is 18.5 Å². The van der Waals surface area contributed by atoms with Crippen molar-refractivity contribution < 1.29 is 0 Å². The highest BCUT2D eigenvalue weighted by atomic mass is 15.1. The van der Waals surface area contributed by atoms with Crippen LogP contribution in [-0.4, -0.2) is 11.5 Å². The smallest absolute Gasteiger partial charge is 0.0430 e. The van der Waals surface area contributed by atoms with Gasteiger partial charge in [0.05, 0.1) is 0 Å². The number of benzene rings is 1. The Morgan fingerprint density at radius 2 is 1.69 bits per heavy atom. The van der Waals surface area contributed by atoms with Gasteiger partial charge in [-0.3, -0.25) is 4.98 Å². The minimum Gasteiger partial charge on any atom is -0.367 e. The van der Waals surface area contributed by atoms with E-state index in [1.54, 1.807) is 0 Å². The molecule has 0 saturated heterocycles. The van der Waals surface area contributed by atoms with Crippen molar-refractivity contribution in [1.82, 2.24) is 4.98 Å². The summed E-state index contributed by atoms with van der Waals surface area (Å²) in [6.45, 7) is 4.11. The van der Waals surface area contributed by atoms with Crippen LogP contribution in [-0.2, 0) is 6.54 Å². The molecule has 82 valence electrons. The van der Waals surface area contributed by atoms with Crippen molar-refractivity contribution in [3.8, 4) is 0 Å². The maximum Gasteiger partial charge on any atom is 0.0430 e. The lowest BCUT2D eigenvalue weighted by molar-refractivity contribution is 0.830. The van der Waals surface area contributed by atoms with Crippen molar-refractivity contribution in [2.75, 3.05) is 11.4 Å². The van der Waals surface area contributed by atoms with E-state index in [-0.39, 0.29) is 0 Å². The zero-order chi connectivity index (χ0) is 11.2. The van der Waals surface area contributed by atoms with Crippen LogP contribution in [0.1, 0.15) is 12.5 Å². The molecule has 0 fully saturated rings. The molecule has 0 saturated carbocycles. The van der Waals surface area contributed by atoms with E-state index in [0.717, 1.165) is 13.1 Å². The topological polar surface area (TPSA) is 16.1 Å².